The first-order chi connectivity index (χ1) is 11.0. The summed E-state index contributed by atoms with van der Waals surface area (Å²) in [6.07, 6.45) is -1.26. The van der Waals surface area contributed by atoms with Gasteiger partial charge in [0.05, 0.1) is 17.9 Å². The third kappa shape index (κ3) is 2.93. The summed E-state index contributed by atoms with van der Waals surface area (Å²) < 4.78 is 39.3. The molecule has 118 valence electrons. The summed E-state index contributed by atoms with van der Waals surface area (Å²) >= 11 is 0. The van der Waals surface area contributed by atoms with Crippen LogP contribution in [0.3, 0.4) is 0 Å². The Hall–Kier alpha value is -2.74. The summed E-state index contributed by atoms with van der Waals surface area (Å²) in [5, 5.41) is 17.2. The summed E-state index contributed by atoms with van der Waals surface area (Å²) in [5.74, 6) is 0. The van der Waals surface area contributed by atoms with E-state index in [0.29, 0.717) is 22.6 Å². The largest absolute Gasteiger partial charge is 0.416 e. The lowest BCUT2D eigenvalue weighted by Crippen LogP contribution is -2.06. The van der Waals surface area contributed by atoms with Gasteiger partial charge in [0.25, 0.3) is 0 Å². The van der Waals surface area contributed by atoms with Gasteiger partial charge >= 0.3 is 6.18 Å². The lowest BCUT2D eigenvalue weighted by molar-refractivity contribution is -0.137. The molecule has 2 heterocycles. The Morgan fingerprint density at radius 1 is 1.00 bits per heavy atom. The van der Waals surface area contributed by atoms with E-state index in [1.807, 2.05) is 0 Å². The van der Waals surface area contributed by atoms with Crippen molar-refractivity contribution < 1.29 is 18.3 Å². The van der Waals surface area contributed by atoms with Crippen molar-refractivity contribution in [1.82, 2.24) is 20.0 Å². The number of pyridine rings is 1. The molecule has 3 aromatic rings. The van der Waals surface area contributed by atoms with Crippen LogP contribution in [0.25, 0.3) is 16.9 Å². The molecular formula is C15H11F3N4O. The van der Waals surface area contributed by atoms with E-state index in [2.05, 4.69) is 15.3 Å². The Morgan fingerprint density at radius 3 is 2.22 bits per heavy atom. The second-order valence-corrected chi connectivity index (χ2v) is 4.74. The predicted molar refractivity (Wildman–Crippen MR) is 75.5 cm³/mol. The average molecular weight is 320 g/mol. The minimum Gasteiger partial charge on any atom is -0.390 e. The average Bonchev–Trinajstić information content (AvgIpc) is 2.99. The van der Waals surface area contributed by atoms with Crippen LogP contribution >= 0.6 is 0 Å². The zero-order chi connectivity index (χ0) is 16.4. The molecule has 0 radical (unpaired) electrons. The number of halogens is 3. The zero-order valence-corrected chi connectivity index (χ0v) is 11.7. The SMILES string of the molecule is OCc1nnn(-c2ccc(C(F)(F)F)cc2)c1-c1ccncc1. The molecule has 0 bridgehead atoms. The second-order valence-electron chi connectivity index (χ2n) is 4.74. The molecule has 2 aromatic heterocycles. The normalized spacial score (nSPS) is 11.7. The number of alkyl halides is 3. The second kappa shape index (κ2) is 5.81. The summed E-state index contributed by atoms with van der Waals surface area (Å²) in [4.78, 5) is 3.91. The van der Waals surface area contributed by atoms with Crippen LogP contribution in [0.2, 0.25) is 0 Å². The van der Waals surface area contributed by atoms with Gasteiger partial charge in [-0.15, -0.1) is 5.10 Å². The molecule has 0 fully saturated rings. The molecule has 0 unspecified atom stereocenters. The van der Waals surface area contributed by atoms with Crippen molar-refractivity contribution in [2.24, 2.45) is 0 Å². The van der Waals surface area contributed by atoms with Crippen LogP contribution in [0, 0.1) is 0 Å². The van der Waals surface area contributed by atoms with Gasteiger partial charge < -0.3 is 5.11 Å². The standard InChI is InChI=1S/C15H11F3N4O/c16-15(17,18)11-1-3-12(4-2-11)22-14(13(9-23)20-21-22)10-5-7-19-8-6-10/h1-8,23H,9H2. The molecule has 3 rings (SSSR count). The molecule has 0 aliphatic carbocycles. The fourth-order valence-corrected chi connectivity index (χ4v) is 2.19. The highest BCUT2D eigenvalue weighted by Gasteiger charge is 2.30. The Morgan fingerprint density at radius 2 is 1.65 bits per heavy atom. The van der Waals surface area contributed by atoms with E-state index in [1.54, 1.807) is 24.5 Å². The summed E-state index contributed by atoms with van der Waals surface area (Å²) in [5.41, 5.74) is 1.21. The molecule has 0 saturated carbocycles. The lowest BCUT2D eigenvalue weighted by atomic mass is 10.1. The van der Waals surface area contributed by atoms with E-state index in [0.717, 1.165) is 12.1 Å². The summed E-state index contributed by atoms with van der Waals surface area (Å²) in [7, 11) is 0. The fourth-order valence-electron chi connectivity index (χ4n) is 2.19. The third-order valence-corrected chi connectivity index (χ3v) is 3.28. The molecule has 0 aliphatic heterocycles. The first-order valence-electron chi connectivity index (χ1n) is 6.64. The van der Waals surface area contributed by atoms with E-state index in [4.69, 9.17) is 0 Å². The van der Waals surface area contributed by atoms with Gasteiger partial charge in [-0.05, 0) is 36.4 Å². The third-order valence-electron chi connectivity index (χ3n) is 3.28. The van der Waals surface area contributed by atoms with Crippen LogP contribution in [0.1, 0.15) is 11.3 Å². The molecule has 0 spiro atoms. The van der Waals surface area contributed by atoms with Crippen LogP contribution in [0.4, 0.5) is 13.2 Å². The number of hydrogen-bond acceptors (Lipinski definition) is 4. The van der Waals surface area contributed by atoms with E-state index in [9.17, 15) is 18.3 Å². The smallest absolute Gasteiger partial charge is 0.390 e. The fraction of sp³-hybridized carbons (Fsp3) is 0.133. The quantitative estimate of drug-likeness (QED) is 0.806. The van der Waals surface area contributed by atoms with Gasteiger partial charge in [-0.1, -0.05) is 5.21 Å². The Kier molecular flexibility index (Phi) is 3.83. The molecule has 23 heavy (non-hydrogen) atoms. The van der Waals surface area contributed by atoms with Crippen LogP contribution in [0.15, 0.2) is 48.8 Å². The number of benzene rings is 1. The predicted octanol–water partition coefficient (Wildman–Crippen LogP) is 2.84. The van der Waals surface area contributed by atoms with Gasteiger partial charge in [0.2, 0.25) is 0 Å². The Balaban J connectivity index is 2.09. The van der Waals surface area contributed by atoms with Crippen molar-refractivity contribution in [2.45, 2.75) is 12.8 Å². The van der Waals surface area contributed by atoms with E-state index in [-0.39, 0.29) is 6.61 Å². The molecular weight excluding hydrogens is 309 g/mol. The molecule has 0 saturated heterocycles. The van der Waals surface area contributed by atoms with Gasteiger partial charge in [-0.3, -0.25) is 4.98 Å². The highest BCUT2D eigenvalue weighted by molar-refractivity contribution is 5.63. The number of aromatic nitrogens is 4. The topological polar surface area (TPSA) is 63.8 Å². The molecule has 0 aliphatic rings. The van der Waals surface area contributed by atoms with E-state index >= 15 is 0 Å². The lowest BCUT2D eigenvalue weighted by Gasteiger charge is -2.10. The number of rotatable bonds is 3. The van der Waals surface area contributed by atoms with Gasteiger partial charge in [0, 0.05) is 18.0 Å². The van der Waals surface area contributed by atoms with Gasteiger partial charge in [0.15, 0.2) is 0 Å². The van der Waals surface area contributed by atoms with Crippen molar-refractivity contribution in [3.05, 3.63) is 60.0 Å². The minimum atomic E-state index is -4.40. The van der Waals surface area contributed by atoms with Gasteiger partial charge in [-0.2, -0.15) is 13.2 Å². The van der Waals surface area contributed by atoms with Crippen LogP contribution in [-0.4, -0.2) is 25.1 Å². The molecule has 0 atom stereocenters. The van der Waals surface area contributed by atoms with Crippen molar-refractivity contribution in [2.75, 3.05) is 0 Å². The number of aliphatic hydroxyl groups is 1. The molecule has 8 heteroatoms. The van der Waals surface area contributed by atoms with Crippen molar-refractivity contribution in [1.29, 1.82) is 0 Å². The number of hydrogen-bond donors (Lipinski definition) is 1. The van der Waals surface area contributed by atoms with Gasteiger partial charge in [0.1, 0.15) is 11.4 Å². The maximum atomic E-state index is 12.7. The van der Waals surface area contributed by atoms with Crippen molar-refractivity contribution in [3.8, 4) is 16.9 Å². The van der Waals surface area contributed by atoms with E-state index in [1.165, 1.54) is 16.8 Å². The molecule has 5 nitrogen and oxygen atoms in total. The monoisotopic (exact) mass is 320 g/mol. The minimum absolute atomic E-state index is 0.330. The highest BCUT2D eigenvalue weighted by Crippen LogP contribution is 2.30. The van der Waals surface area contributed by atoms with Crippen molar-refractivity contribution >= 4 is 0 Å². The van der Waals surface area contributed by atoms with Gasteiger partial charge in [-0.25, -0.2) is 4.68 Å². The summed E-state index contributed by atoms with van der Waals surface area (Å²) in [6.45, 7) is -0.335. The van der Waals surface area contributed by atoms with E-state index < -0.39 is 11.7 Å². The first kappa shape index (κ1) is 15.2. The Bertz CT molecular complexity index is 798. The highest BCUT2D eigenvalue weighted by atomic mass is 19.4. The molecule has 1 N–H and O–H groups in total. The van der Waals surface area contributed by atoms with Crippen LogP contribution in [0.5, 0.6) is 0 Å². The van der Waals surface area contributed by atoms with Crippen LogP contribution in [-0.2, 0) is 12.8 Å². The number of aliphatic hydroxyl groups excluding tert-OH is 1. The zero-order valence-electron chi connectivity index (χ0n) is 11.7. The summed E-state index contributed by atoms with van der Waals surface area (Å²) in [6, 6.07) is 7.99. The Labute approximate surface area is 129 Å². The maximum Gasteiger partial charge on any atom is 0.416 e. The molecule has 1 aromatic carbocycles. The van der Waals surface area contributed by atoms with Crippen molar-refractivity contribution in [3.63, 3.8) is 0 Å². The number of nitrogens with zero attached hydrogens (tertiary/aromatic N) is 4. The first-order valence-corrected chi connectivity index (χ1v) is 6.64. The maximum absolute atomic E-state index is 12.7. The van der Waals surface area contributed by atoms with Crippen LogP contribution < -0.4 is 0 Å². The molecule has 0 amide bonds.